The van der Waals surface area contributed by atoms with Crippen molar-refractivity contribution in [2.45, 2.75) is 31.7 Å². The molecule has 3 N–H and O–H groups in total. The van der Waals surface area contributed by atoms with Crippen molar-refractivity contribution in [1.82, 2.24) is 4.72 Å². The number of sulfonamides is 1. The summed E-state index contributed by atoms with van der Waals surface area (Å²) in [6.07, 6.45) is 4.95. The van der Waals surface area contributed by atoms with Crippen LogP contribution >= 0.6 is 0 Å². The van der Waals surface area contributed by atoms with Crippen LogP contribution in [0.1, 0.15) is 25.7 Å². The largest absolute Gasteiger partial charge is 2.00 e. The van der Waals surface area contributed by atoms with Crippen LogP contribution in [0.3, 0.4) is 0 Å². The smallest absolute Gasteiger partial charge is 0.361 e. The topological polar surface area (TPSA) is 72.2 Å². The molecular weight excluding hydrogens is 349 g/mol. The Morgan fingerprint density at radius 2 is 1.89 bits per heavy atom. The molecule has 0 aliphatic heterocycles. The average molecular weight is 369 g/mol. The first-order valence-electron chi connectivity index (χ1n) is 5.99. The van der Waals surface area contributed by atoms with Gasteiger partial charge in [0.2, 0.25) is 0 Å². The fourth-order valence-corrected chi connectivity index (χ4v) is 2.48. The Morgan fingerprint density at radius 3 is 2.26 bits per heavy atom. The van der Waals surface area contributed by atoms with Gasteiger partial charge in [0, 0.05) is 0 Å². The van der Waals surface area contributed by atoms with E-state index >= 15 is 0 Å². The second-order valence-electron chi connectivity index (χ2n) is 4.33. The molecule has 0 bridgehead atoms. The number of rotatable bonds is 2. The normalized spacial score (nSPS) is 19.8. The van der Waals surface area contributed by atoms with E-state index in [0.29, 0.717) is 0 Å². The van der Waals surface area contributed by atoms with E-state index in [2.05, 4.69) is 10.8 Å². The second-order valence-corrected chi connectivity index (χ2v) is 6.08. The number of nitrogens with one attached hydrogen (secondary N) is 1. The summed E-state index contributed by atoms with van der Waals surface area (Å²) >= 11 is 0. The minimum atomic E-state index is -3.12. The van der Waals surface area contributed by atoms with Gasteiger partial charge in [-0.05, 0) is 0 Å². The van der Waals surface area contributed by atoms with Gasteiger partial charge in [0.15, 0.2) is 10.0 Å². The molecule has 0 spiro atoms. The summed E-state index contributed by atoms with van der Waals surface area (Å²) in [5.74, 6) is 0. The van der Waals surface area contributed by atoms with E-state index in [1.807, 2.05) is 30.3 Å². The van der Waals surface area contributed by atoms with Crippen molar-refractivity contribution in [3.63, 3.8) is 0 Å². The van der Waals surface area contributed by atoms with E-state index in [9.17, 15) is 8.42 Å². The molecule has 1 unspecified atom stereocenters. The predicted molar refractivity (Wildman–Crippen MR) is 72.9 cm³/mol. The molecule has 1 aliphatic rings. The number of nitrogens with two attached hydrogens (primary N) is 1. The predicted octanol–water partition coefficient (Wildman–Crippen LogP) is 1.45. The van der Waals surface area contributed by atoms with Gasteiger partial charge in [-0.2, -0.15) is 42.8 Å². The molecule has 1 atom stereocenters. The van der Waals surface area contributed by atoms with Crippen LogP contribution in [0.25, 0.3) is 0 Å². The van der Waals surface area contributed by atoms with Crippen LogP contribution in [0.15, 0.2) is 30.3 Å². The molecule has 108 valence electrons. The maximum absolute atomic E-state index is 10.9. The van der Waals surface area contributed by atoms with Crippen LogP contribution in [0.5, 0.6) is 0 Å². The van der Waals surface area contributed by atoms with Crippen LogP contribution in [-0.4, -0.2) is 20.7 Å². The molecular formula is C13H20N2O2RuS. The number of hydrogen-bond acceptors (Lipinski definition) is 3. The summed E-state index contributed by atoms with van der Waals surface area (Å²) in [4.78, 5) is 0. The number of benzene rings is 1. The van der Waals surface area contributed by atoms with Gasteiger partial charge in [-0.25, -0.2) is 14.5 Å². The van der Waals surface area contributed by atoms with E-state index in [0.717, 1.165) is 38.0 Å². The Morgan fingerprint density at radius 1 is 1.26 bits per heavy atom. The van der Waals surface area contributed by atoms with Gasteiger partial charge >= 0.3 is 19.5 Å². The van der Waals surface area contributed by atoms with E-state index in [-0.39, 0.29) is 25.5 Å². The summed E-state index contributed by atoms with van der Waals surface area (Å²) in [5.41, 5.74) is 5.72. The molecule has 0 saturated heterocycles. The molecule has 6 heteroatoms. The van der Waals surface area contributed by atoms with Crippen molar-refractivity contribution >= 4 is 10.0 Å². The minimum absolute atomic E-state index is 0. The first kappa shape index (κ1) is 18.7. The molecule has 1 fully saturated rings. The molecule has 2 rings (SSSR count). The molecule has 1 saturated carbocycles. The maximum atomic E-state index is 10.9. The zero-order valence-electron chi connectivity index (χ0n) is 10.9. The van der Waals surface area contributed by atoms with E-state index in [1.165, 1.54) is 0 Å². The molecule has 0 aromatic heterocycles. The molecule has 1 aliphatic carbocycles. The Bertz CT molecular complexity index is 399. The van der Waals surface area contributed by atoms with Gasteiger partial charge in [0.1, 0.15) is 0 Å². The standard InChI is InChI=1S/C7H15N2O2S.C6H5.Ru/c1-12(10,11)9-7-5-3-2-4-6(7)8;1-2-4-6-5-3-1;/h6,9H,2-5,8H2,1H3;1-5H;/q2*-1;+2. The first-order valence-corrected chi connectivity index (χ1v) is 7.88. The Hall–Kier alpha value is -0.287. The third kappa shape index (κ3) is 9.28. The van der Waals surface area contributed by atoms with Crippen LogP contribution in [0.4, 0.5) is 0 Å². The van der Waals surface area contributed by atoms with Gasteiger partial charge in [0.05, 0.1) is 6.26 Å². The fourth-order valence-electron chi connectivity index (χ4n) is 1.75. The first-order chi connectivity index (χ1) is 8.49. The van der Waals surface area contributed by atoms with E-state index in [4.69, 9.17) is 5.73 Å². The third-order valence-corrected chi connectivity index (χ3v) is 3.22. The average Bonchev–Trinajstić information content (AvgIpc) is 2.34. The fraction of sp³-hybridized carbons (Fsp3) is 0.462. The summed E-state index contributed by atoms with van der Waals surface area (Å²) in [5, 5.41) is 0. The Labute approximate surface area is 129 Å². The summed E-state index contributed by atoms with van der Waals surface area (Å²) in [6.45, 7) is 0. The van der Waals surface area contributed by atoms with Crippen LogP contribution in [0, 0.1) is 12.1 Å². The van der Waals surface area contributed by atoms with Gasteiger partial charge in [-0.3, -0.25) is 0 Å². The quantitative estimate of drug-likeness (QED) is 0.612. The van der Waals surface area contributed by atoms with Gasteiger partial charge in [0.25, 0.3) is 0 Å². The Kier molecular flexibility index (Phi) is 9.45. The SMILES string of the molecule is CS(=O)(=O)N[C-]1CCCCC1N.[Ru+2].[c-]1ccccc1. The zero-order valence-corrected chi connectivity index (χ0v) is 13.5. The van der Waals surface area contributed by atoms with Gasteiger partial charge in [-0.15, -0.1) is 6.04 Å². The van der Waals surface area contributed by atoms with Crippen molar-refractivity contribution in [2.75, 3.05) is 6.26 Å². The molecule has 4 nitrogen and oxygen atoms in total. The van der Waals surface area contributed by atoms with Crippen molar-refractivity contribution in [2.24, 2.45) is 5.73 Å². The molecule has 1 aromatic rings. The van der Waals surface area contributed by atoms with Crippen molar-refractivity contribution in [3.05, 3.63) is 42.4 Å². The molecule has 1 aromatic carbocycles. The van der Waals surface area contributed by atoms with Crippen molar-refractivity contribution in [1.29, 1.82) is 0 Å². The van der Waals surface area contributed by atoms with Crippen LogP contribution < -0.4 is 10.5 Å². The van der Waals surface area contributed by atoms with Crippen LogP contribution in [0.2, 0.25) is 0 Å². The number of hydrogen-bond donors (Lipinski definition) is 2. The third-order valence-electron chi connectivity index (χ3n) is 2.58. The zero-order chi connectivity index (χ0) is 13.4. The molecule has 0 amide bonds. The minimum Gasteiger partial charge on any atom is -0.361 e. The summed E-state index contributed by atoms with van der Waals surface area (Å²) in [7, 11) is -3.12. The van der Waals surface area contributed by atoms with Crippen molar-refractivity contribution < 1.29 is 27.9 Å². The molecule has 0 heterocycles. The summed E-state index contributed by atoms with van der Waals surface area (Å²) < 4.78 is 24.2. The van der Waals surface area contributed by atoms with Crippen LogP contribution in [-0.2, 0) is 29.5 Å². The Balaban J connectivity index is 0.000000392. The van der Waals surface area contributed by atoms with Gasteiger partial charge in [-0.1, -0.05) is 19.3 Å². The second kappa shape index (κ2) is 9.59. The van der Waals surface area contributed by atoms with E-state index in [1.54, 1.807) is 0 Å². The van der Waals surface area contributed by atoms with Crippen molar-refractivity contribution in [3.8, 4) is 0 Å². The monoisotopic (exact) mass is 370 g/mol. The maximum Gasteiger partial charge on any atom is 2.00 e. The van der Waals surface area contributed by atoms with E-state index < -0.39 is 10.0 Å². The summed E-state index contributed by atoms with van der Waals surface area (Å²) in [6, 6.07) is 13.2. The van der Waals surface area contributed by atoms with Gasteiger partial charge < -0.3 is 10.5 Å². The molecule has 19 heavy (non-hydrogen) atoms. The molecule has 0 radical (unpaired) electrons.